The van der Waals surface area contributed by atoms with E-state index in [-0.39, 0.29) is 11.5 Å². The zero-order valence-electron chi connectivity index (χ0n) is 11.8. The van der Waals surface area contributed by atoms with E-state index in [0.29, 0.717) is 24.0 Å². The summed E-state index contributed by atoms with van der Waals surface area (Å²) in [7, 11) is 0. The van der Waals surface area contributed by atoms with Gasteiger partial charge in [0.15, 0.2) is 11.6 Å². The minimum Gasteiger partial charge on any atom is -0.364 e. The maximum absolute atomic E-state index is 14.3. The number of hydrogen-bond donors (Lipinski definition) is 2. The number of halogens is 1. The summed E-state index contributed by atoms with van der Waals surface area (Å²) in [4.78, 5) is 4.26. The van der Waals surface area contributed by atoms with Gasteiger partial charge in [-0.2, -0.15) is 5.10 Å². The molecular weight excluding hydrogens is 267 g/mol. The number of rotatable bonds is 4. The average molecular weight is 284 g/mol. The fourth-order valence-electron chi connectivity index (χ4n) is 2.18. The first-order valence-electron chi connectivity index (χ1n) is 7.00. The number of hydrogen-bond acceptors (Lipinski definition) is 3. The van der Waals surface area contributed by atoms with E-state index in [9.17, 15) is 4.39 Å². The molecule has 2 heterocycles. The van der Waals surface area contributed by atoms with E-state index in [1.54, 1.807) is 0 Å². The van der Waals surface area contributed by atoms with Crippen LogP contribution in [0.3, 0.4) is 0 Å². The average Bonchev–Trinajstić information content (AvgIpc) is 2.88. The number of nitrogens with zero attached hydrogens (tertiary/aromatic N) is 2. The van der Waals surface area contributed by atoms with Gasteiger partial charge in [-0.15, -0.1) is 0 Å². The van der Waals surface area contributed by atoms with Gasteiger partial charge >= 0.3 is 0 Å². The van der Waals surface area contributed by atoms with Gasteiger partial charge in [0.2, 0.25) is 0 Å². The molecule has 108 valence electrons. The van der Waals surface area contributed by atoms with Crippen LogP contribution in [-0.2, 0) is 6.54 Å². The second kappa shape index (κ2) is 5.91. The number of anilines is 1. The predicted octanol–water partition coefficient (Wildman–Crippen LogP) is 3.61. The van der Waals surface area contributed by atoms with E-state index < -0.39 is 0 Å². The summed E-state index contributed by atoms with van der Waals surface area (Å²) in [5, 5.41) is 9.76. The van der Waals surface area contributed by atoms with Crippen molar-refractivity contribution in [2.24, 2.45) is 10.9 Å². The van der Waals surface area contributed by atoms with Crippen molar-refractivity contribution < 1.29 is 4.39 Å². The van der Waals surface area contributed by atoms with Crippen LogP contribution < -0.4 is 5.32 Å². The molecule has 0 saturated carbocycles. The molecule has 1 unspecified atom stereocenters. The predicted molar refractivity (Wildman–Crippen MR) is 82.6 cm³/mol. The van der Waals surface area contributed by atoms with Crippen LogP contribution in [0.25, 0.3) is 5.70 Å². The van der Waals surface area contributed by atoms with Crippen LogP contribution in [0.5, 0.6) is 0 Å². The molecule has 0 fully saturated rings. The highest BCUT2D eigenvalue weighted by Gasteiger charge is 2.18. The van der Waals surface area contributed by atoms with Crippen molar-refractivity contribution in [1.82, 2.24) is 10.2 Å². The monoisotopic (exact) mass is 284 g/mol. The van der Waals surface area contributed by atoms with E-state index >= 15 is 0 Å². The summed E-state index contributed by atoms with van der Waals surface area (Å²) in [6, 6.07) is 9.82. The molecule has 1 aliphatic heterocycles. The van der Waals surface area contributed by atoms with Crippen molar-refractivity contribution in [2.75, 3.05) is 5.32 Å². The Hall–Kier alpha value is -2.43. The van der Waals surface area contributed by atoms with Gasteiger partial charge in [-0.3, -0.25) is 10.1 Å². The molecule has 1 aliphatic rings. The smallest absolute Gasteiger partial charge is 0.194 e. The van der Waals surface area contributed by atoms with Gasteiger partial charge in [-0.25, -0.2) is 4.39 Å². The van der Waals surface area contributed by atoms with Crippen LogP contribution in [0.15, 0.2) is 41.4 Å². The molecule has 1 aromatic heterocycles. The summed E-state index contributed by atoms with van der Waals surface area (Å²) in [6.07, 6.45) is 4.61. The van der Waals surface area contributed by atoms with Crippen molar-refractivity contribution in [3.05, 3.63) is 53.5 Å². The first-order valence-corrected chi connectivity index (χ1v) is 7.00. The molecule has 0 saturated heterocycles. The van der Waals surface area contributed by atoms with E-state index in [0.717, 1.165) is 12.0 Å². The molecule has 1 aromatic carbocycles. The van der Waals surface area contributed by atoms with Crippen molar-refractivity contribution in [3.63, 3.8) is 0 Å². The number of aromatic amines is 1. The highest BCUT2D eigenvalue weighted by molar-refractivity contribution is 5.77. The quantitative estimate of drug-likeness (QED) is 0.901. The van der Waals surface area contributed by atoms with Crippen molar-refractivity contribution in [3.8, 4) is 0 Å². The third-order valence-electron chi connectivity index (χ3n) is 3.41. The molecule has 21 heavy (non-hydrogen) atoms. The standard InChI is InChI=1S/C16H17FN4/c1-11-7-8-13(18-9-11)15-14(17)16(21-20-15)19-10-12-5-3-2-4-6-12/h2-6,8-9,11H,7,10H2,1H3,(H2,19,20,21). The molecule has 3 rings (SSSR count). The lowest BCUT2D eigenvalue weighted by atomic mass is 10.1. The number of aromatic nitrogens is 2. The summed E-state index contributed by atoms with van der Waals surface area (Å²) in [6.45, 7) is 2.61. The maximum atomic E-state index is 14.3. The molecule has 2 aromatic rings. The molecule has 5 heteroatoms. The zero-order valence-corrected chi connectivity index (χ0v) is 11.8. The number of nitrogens with one attached hydrogen (secondary N) is 2. The van der Waals surface area contributed by atoms with Gasteiger partial charge in [-0.05, 0) is 17.9 Å². The molecule has 4 nitrogen and oxygen atoms in total. The van der Waals surface area contributed by atoms with Gasteiger partial charge in [0, 0.05) is 12.8 Å². The van der Waals surface area contributed by atoms with Crippen molar-refractivity contribution in [2.45, 2.75) is 19.9 Å². The number of allylic oxidation sites excluding steroid dienone is 1. The SMILES string of the molecule is CC1C=NC(c2n[nH]c(NCc3ccccc3)c2F)=CC1. The Labute approximate surface area is 122 Å². The first kappa shape index (κ1) is 13.5. The lowest BCUT2D eigenvalue weighted by Gasteiger charge is -2.09. The fraction of sp³-hybridized carbons (Fsp3) is 0.250. The molecular formula is C16H17FN4. The summed E-state index contributed by atoms with van der Waals surface area (Å²) >= 11 is 0. The van der Waals surface area contributed by atoms with Crippen LogP contribution in [0.4, 0.5) is 10.2 Å². The van der Waals surface area contributed by atoms with Crippen LogP contribution in [-0.4, -0.2) is 16.4 Å². The largest absolute Gasteiger partial charge is 0.364 e. The highest BCUT2D eigenvalue weighted by Crippen LogP contribution is 2.26. The molecule has 0 amide bonds. The molecule has 1 atom stereocenters. The van der Waals surface area contributed by atoms with Gasteiger partial charge in [0.25, 0.3) is 0 Å². The van der Waals surface area contributed by atoms with Gasteiger partial charge in [-0.1, -0.05) is 43.3 Å². The summed E-state index contributed by atoms with van der Waals surface area (Å²) < 4.78 is 14.3. The van der Waals surface area contributed by atoms with Gasteiger partial charge in [0.05, 0.1) is 5.70 Å². The zero-order chi connectivity index (χ0) is 14.7. The molecule has 0 radical (unpaired) electrons. The number of H-pyrrole nitrogens is 1. The van der Waals surface area contributed by atoms with E-state index in [2.05, 4.69) is 27.4 Å². The van der Waals surface area contributed by atoms with E-state index in [1.807, 2.05) is 42.6 Å². The first-order chi connectivity index (χ1) is 10.2. The summed E-state index contributed by atoms with van der Waals surface area (Å²) in [5.41, 5.74) is 1.94. The minimum absolute atomic E-state index is 0.272. The Bertz CT molecular complexity index is 673. The topological polar surface area (TPSA) is 53.1 Å². The van der Waals surface area contributed by atoms with Crippen molar-refractivity contribution in [1.29, 1.82) is 0 Å². The van der Waals surface area contributed by atoms with Crippen molar-refractivity contribution >= 4 is 17.7 Å². The van der Waals surface area contributed by atoms with Crippen LogP contribution in [0, 0.1) is 11.7 Å². The lowest BCUT2D eigenvalue weighted by molar-refractivity contribution is 0.626. The van der Waals surface area contributed by atoms with Gasteiger partial charge < -0.3 is 5.32 Å². The van der Waals surface area contributed by atoms with E-state index in [1.165, 1.54) is 0 Å². The molecule has 0 aliphatic carbocycles. The second-order valence-corrected chi connectivity index (χ2v) is 5.18. The second-order valence-electron chi connectivity index (χ2n) is 5.18. The number of aliphatic imine (C=N–C) groups is 1. The molecule has 0 spiro atoms. The Balaban J connectivity index is 1.73. The normalized spacial score (nSPS) is 17.6. The highest BCUT2D eigenvalue weighted by atomic mass is 19.1. The Morgan fingerprint density at radius 1 is 1.33 bits per heavy atom. The molecule has 2 N–H and O–H groups in total. The van der Waals surface area contributed by atoms with Crippen LogP contribution in [0.1, 0.15) is 24.6 Å². The molecule has 0 bridgehead atoms. The Morgan fingerprint density at radius 3 is 2.86 bits per heavy atom. The van der Waals surface area contributed by atoms with Crippen LogP contribution in [0.2, 0.25) is 0 Å². The fourth-order valence-corrected chi connectivity index (χ4v) is 2.18. The van der Waals surface area contributed by atoms with Gasteiger partial charge in [0.1, 0.15) is 5.69 Å². The third-order valence-corrected chi connectivity index (χ3v) is 3.41. The lowest BCUT2D eigenvalue weighted by Crippen LogP contribution is -2.02. The summed E-state index contributed by atoms with van der Waals surface area (Å²) in [5.74, 6) is 0.305. The van der Waals surface area contributed by atoms with Crippen LogP contribution >= 0.6 is 0 Å². The minimum atomic E-state index is -0.385. The Morgan fingerprint density at radius 2 is 2.14 bits per heavy atom. The maximum Gasteiger partial charge on any atom is 0.194 e. The third kappa shape index (κ3) is 3.02. The van der Waals surface area contributed by atoms with E-state index in [4.69, 9.17) is 0 Å². The Kier molecular flexibility index (Phi) is 3.81. The number of benzene rings is 1.